The predicted octanol–water partition coefficient (Wildman–Crippen LogP) is 1.34. The smallest absolute Gasteiger partial charge is 0.360 e. The highest BCUT2D eigenvalue weighted by Gasteiger charge is 2.22. The van der Waals surface area contributed by atoms with Crippen LogP contribution < -0.4 is 0 Å². The summed E-state index contributed by atoms with van der Waals surface area (Å²) in [6.07, 6.45) is 0. The van der Waals surface area contributed by atoms with E-state index in [0.717, 1.165) is 0 Å². The molecule has 0 unspecified atom stereocenters. The van der Waals surface area contributed by atoms with Crippen LogP contribution in [0.1, 0.15) is 16.2 Å². The van der Waals surface area contributed by atoms with E-state index in [2.05, 4.69) is 15.0 Å². The minimum Gasteiger partial charge on any atom is -0.464 e. The summed E-state index contributed by atoms with van der Waals surface area (Å²) < 4.78 is 24.6. The van der Waals surface area contributed by atoms with Gasteiger partial charge in [0.1, 0.15) is 17.2 Å². The molecule has 2 rings (SSSR count). The number of carbonyl (C=O) groups excluding carboxylic acids is 1. The summed E-state index contributed by atoms with van der Waals surface area (Å²) in [5.74, 6) is -1.11. The maximum absolute atomic E-state index is 13.7. The van der Waals surface area contributed by atoms with Gasteiger partial charge >= 0.3 is 5.97 Å². The first kappa shape index (κ1) is 13.2. The number of aromatic nitrogens is 3. The Kier molecular flexibility index (Phi) is 3.86. The van der Waals surface area contributed by atoms with Crippen molar-refractivity contribution in [2.24, 2.45) is 0 Å². The Bertz CT molecular complexity index is 598. The molecule has 2 aromatic rings. The molecule has 0 saturated heterocycles. The lowest BCUT2D eigenvalue weighted by molar-refractivity contribution is 0.0588. The van der Waals surface area contributed by atoms with Crippen LogP contribution >= 0.6 is 0 Å². The van der Waals surface area contributed by atoms with Crippen LogP contribution in [0.15, 0.2) is 24.3 Å². The molecule has 0 N–H and O–H groups in total. The largest absolute Gasteiger partial charge is 0.464 e. The third-order valence-electron chi connectivity index (χ3n) is 2.50. The summed E-state index contributed by atoms with van der Waals surface area (Å²) in [5, 5.41) is 7.50. The summed E-state index contributed by atoms with van der Waals surface area (Å²) in [7, 11) is 2.70. The van der Waals surface area contributed by atoms with Crippen molar-refractivity contribution >= 4 is 5.97 Å². The zero-order valence-electron chi connectivity index (χ0n) is 10.5. The molecular formula is C12H12FN3O3. The average Bonchev–Trinajstić information content (AvgIpc) is 2.82. The molecule has 0 aliphatic heterocycles. The zero-order valence-corrected chi connectivity index (χ0v) is 10.5. The predicted molar refractivity (Wildman–Crippen MR) is 63.4 cm³/mol. The number of esters is 1. The Morgan fingerprint density at radius 2 is 2.11 bits per heavy atom. The number of hydrogen-bond acceptors (Lipinski definition) is 5. The molecule has 0 bridgehead atoms. The molecule has 1 aromatic carbocycles. The third-order valence-corrected chi connectivity index (χ3v) is 2.50. The number of ether oxygens (including phenoxy) is 2. The molecule has 0 atom stereocenters. The molecule has 0 aliphatic rings. The quantitative estimate of drug-likeness (QED) is 0.780. The fourth-order valence-corrected chi connectivity index (χ4v) is 1.64. The number of para-hydroxylation sites is 1. The third kappa shape index (κ3) is 2.45. The number of halogens is 1. The molecule has 7 heteroatoms. The van der Waals surface area contributed by atoms with E-state index < -0.39 is 11.8 Å². The number of hydrogen-bond donors (Lipinski definition) is 0. The van der Waals surface area contributed by atoms with Gasteiger partial charge in [0.15, 0.2) is 5.69 Å². The van der Waals surface area contributed by atoms with Crippen molar-refractivity contribution in [2.75, 3.05) is 14.2 Å². The Balaban J connectivity index is 2.55. The Labute approximate surface area is 108 Å². The normalized spacial score (nSPS) is 10.5. The minimum atomic E-state index is -0.644. The molecule has 19 heavy (non-hydrogen) atoms. The van der Waals surface area contributed by atoms with Crippen LogP contribution in [0, 0.1) is 5.82 Å². The first-order valence-electron chi connectivity index (χ1n) is 5.45. The van der Waals surface area contributed by atoms with Gasteiger partial charge in [-0.05, 0) is 12.1 Å². The van der Waals surface area contributed by atoms with Crippen molar-refractivity contribution in [3.05, 3.63) is 41.5 Å². The maximum atomic E-state index is 13.7. The molecule has 6 nitrogen and oxygen atoms in total. The number of methoxy groups -OCH3 is 2. The highest BCUT2D eigenvalue weighted by molar-refractivity contribution is 5.88. The van der Waals surface area contributed by atoms with Gasteiger partial charge in [-0.25, -0.2) is 13.9 Å². The number of carbonyl (C=O) groups is 1. The van der Waals surface area contributed by atoms with Crippen LogP contribution in [0.5, 0.6) is 0 Å². The van der Waals surface area contributed by atoms with Crippen molar-refractivity contribution in [3.63, 3.8) is 0 Å². The van der Waals surface area contributed by atoms with Gasteiger partial charge in [-0.1, -0.05) is 17.3 Å². The van der Waals surface area contributed by atoms with Gasteiger partial charge < -0.3 is 9.47 Å². The number of benzene rings is 1. The van der Waals surface area contributed by atoms with Gasteiger partial charge in [-0.3, -0.25) is 0 Å². The van der Waals surface area contributed by atoms with Crippen molar-refractivity contribution in [1.29, 1.82) is 0 Å². The fraction of sp³-hybridized carbons (Fsp3) is 0.250. The number of rotatable bonds is 4. The van der Waals surface area contributed by atoms with Crippen molar-refractivity contribution in [2.45, 2.75) is 6.61 Å². The van der Waals surface area contributed by atoms with E-state index in [1.165, 1.54) is 31.0 Å². The molecule has 0 spiro atoms. The van der Waals surface area contributed by atoms with Gasteiger partial charge in [0.05, 0.1) is 13.7 Å². The first-order chi connectivity index (χ1) is 9.19. The Morgan fingerprint density at radius 3 is 2.74 bits per heavy atom. The minimum absolute atomic E-state index is 0.00704. The SMILES string of the molecule is COCc1c(C(=O)OC)nnn1-c1ccccc1F. The summed E-state index contributed by atoms with van der Waals surface area (Å²) >= 11 is 0. The Morgan fingerprint density at radius 1 is 1.37 bits per heavy atom. The summed E-state index contributed by atoms with van der Waals surface area (Å²) in [6.45, 7) is 0.0613. The van der Waals surface area contributed by atoms with Crippen molar-refractivity contribution < 1.29 is 18.7 Å². The van der Waals surface area contributed by atoms with Crippen molar-refractivity contribution in [3.8, 4) is 5.69 Å². The van der Waals surface area contributed by atoms with Crippen LogP contribution in [0.3, 0.4) is 0 Å². The lowest BCUT2D eigenvalue weighted by Gasteiger charge is -2.07. The van der Waals surface area contributed by atoms with E-state index in [1.807, 2.05) is 0 Å². The van der Waals surface area contributed by atoms with Gasteiger partial charge in [0.2, 0.25) is 0 Å². The molecule has 0 amide bonds. The molecule has 1 aromatic heterocycles. The highest BCUT2D eigenvalue weighted by atomic mass is 19.1. The summed E-state index contributed by atoms with van der Waals surface area (Å²) in [6, 6.07) is 6.05. The van der Waals surface area contributed by atoms with Crippen LogP contribution in [0.2, 0.25) is 0 Å². The van der Waals surface area contributed by atoms with Crippen LogP contribution in [0.4, 0.5) is 4.39 Å². The monoisotopic (exact) mass is 265 g/mol. The van der Waals surface area contributed by atoms with Gasteiger partial charge in [-0.15, -0.1) is 5.10 Å². The molecular weight excluding hydrogens is 253 g/mol. The van der Waals surface area contributed by atoms with Gasteiger partial charge in [0.25, 0.3) is 0 Å². The van der Waals surface area contributed by atoms with Gasteiger partial charge in [0, 0.05) is 7.11 Å². The van der Waals surface area contributed by atoms with E-state index in [-0.39, 0.29) is 18.0 Å². The van der Waals surface area contributed by atoms with E-state index in [9.17, 15) is 9.18 Å². The van der Waals surface area contributed by atoms with Crippen molar-refractivity contribution in [1.82, 2.24) is 15.0 Å². The van der Waals surface area contributed by atoms with Crippen LogP contribution in [-0.2, 0) is 16.1 Å². The van der Waals surface area contributed by atoms with Crippen LogP contribution in [-0.4, -0.2) is 35.2 Å². The lowest BCUT2D eigenvalue weighted by atomic mass is 10.2. The molecule has 0 saturated carbocycles. The second-order valence-corrected chi connectivity index (χ2v) is 3.67. The maximum Gasteiger partial charge on any atom is 0.360 e. The molecule has 1 heterocycles. The highest BCUT2D eigenvalue weighted by Crippen LogP contribution is 2.17. The molecule has 0 fully saturated rings. The van der Waals surface area contributed by atoms with E-state index in [1.54, 1.807) is 12.1 Å². The first-order valence-corrected chi connectivity index (χ1v) is 5.45. The summed E-state index contributed by atoms with van der Waals surface area (Å²) in [4.78, 5) is 11.6. The number of nitrogens with zero attached hydrogens (tertiary/aromatic N) is 3. The lowest BCUT2D eigenvalue weighted by Crippen LogP contribution is -2.10. The fourth-order valence-electron chi connectivity index (χ4n) is 1.64. The van der Waals surface area contributed by atoms with Gasteiger partial charge in [-0.2, -0.15) is 0 Å². The molecule has 0 aliphatic carbocycles. The van der Waals surface area contributed by atoms with Crippen LogP contribution in [0.25, 0.3) is 5.69 Å². The van der Waals surface area contributed by atoms with E-state index in [4.69, 9.17) is 4.74 Å². The van der Waals surface area contributed by atoms with E-state index in [0.29, 0.717) is 5.69 Å². The zero-order chi connectivity index (χ0) is 13.8. The molecule has 100 valence electrons. The second-order valence-electron chi connectivity index (χ2n) is 3.67. The molecule has 0 radical (unpaired) electrons. The average molecular weight is 265 g/mol. The topological polar surface area (TPSA) is 66.2 Å². The standard InChI is InChI=1S/C12H12FN3O3/c1-18-7-10-11(12(17)19-2)14-15-16(10)9-6-4-3-5-8(9)13/h3-6H,7H2,1-2H3. The summed E-state index contributed by atoms with van der Waals surface area (Å²) in [5.41, 5.74) is 0.532. The second kappa shape index (κ2) is 5.57. The Hall–Kier alpha value is -2.28. The van der Waals surface area contributed by atoms with E-state index >= 15 is 0 Å².